The molecule has 0 saturated heterocycles. The molecule has 0 unspecified atom stereocenters. The van der Waals surface area contributed by atoms with E-state index >= 15 is 0 Å². The van der Waals surface area contributed by atoms with Gasteiger partial charge in [-0.05, 0) is 37.6 Å². The second-order valence-electron chi connectivity index (χ2n) is 4.91. The van der Waals surface area contributed by atoms with Gasteiger partial charge in [0.05, 0.1) is 13.2 Å². The Bertz CT molecular complexity index is 477. The van der Waals surface area contributed by atoms with Crippen LogP contribution in [-0.2, 0) is 6.54 Å². The van der Waals surface area contributed by atoms with Crippen molar-refractivity contribution in [3.05, 3.63) is 35.1 Å². The molecular formula is C16H22FNO2. The van der Waals surface area contributed by atoms with E-state index in [0.29, 0.717) is 25.1 Å². The van der Waals surface area contributed by atoms with Crippen LogP contribution in [0.1, 0.15) is 31.4 Å². The number of aliphatic hydroxyl groups is 2. The minimum atomic E-state index is -0.316. The fourth-order valence-electron chi connectivity index (χ4n) is 1.92. The molecule has 0 aliphatic rings. The topological polar surface area (TPSA) is 43.7 Å². The molecule has 0 saturated carbocycles. The van der Waals surface area contributed by atoms with Gasteiger partial charge < -0.3 is 10.2 Å². The monoisotopic (exact) mass is 279 g/mol. The number of rotatable bonds is 6. The van der Waals surface area contributed by atoms with E-state index < -0.39 is 0 Å². The van der Waals surface area contributed by atoms with Crippen molar-refractivity contribution < 1.29 is 14.6 Å². The van der Waals surface area contributed by atoms with Crippen molar-refractivity contribution in [2.75, 3.05) is 19.8 Å². The molecule has 0 bridgehead atoms. The number of benzene rings is 1. The lowest BCUT2D eigenvalue weighted by Gasteiger charge is -2.25. The maximum Gasteiger partial charge on any atom is 0.124 e. The Kier molecular flexibility index (Phi) is 7.24. The highest BCUT2D eigenvalue weighted by Crippen LogP contribution is 2.13. The summed E-state index contributed by atoms with van der Waals surface area (Å²) in [7, 11) is 0. The maximum atomic E-state index is 13.6. The molecule has 0 amide bonds. The van der Waals surface area contributed by atoms with Gasteiger partial charge in [-0.25, -0.2) is 4.39 Å². The smallest absolute Gasteiger partial charge is 0.124 e. The Balaban J connectivity index is 2.87. The van der Waals surface area contributed by atoms with Crippen LogP contribution in [0.4, 0.5) is 4.39 Å². The third kappa shape index (κ3) is 5.70. The van der Waals surface area contributed by atoms with Crippen molar-refractivity contribution in [3.63, 3.8) is 0 Å². The molecule has 0 aromatic heterocycles. The van der Waals surface area contributed by atoms with Gasteiger partial charge in [-0.1, -0.05) is 11.8 Å². The molecule has 0 spiro atoms. The molecule has 1 aromatic rings. The molecule has 0 heterocycles. The summed E-state index contributed by atoms with van der Waals surface area (Å²) in [6.07, 6.45) is 0.383. The van der Waals surface area contributed by atoms with E-state index in [2.05, 4.69) is 16.7 Å². The number of hydrogen-bond donors (Lipinski definition) is 2. The fourth-order valence-corrected chi connectivity index (χ4v) is 1.92. The molecule has 0 fully saturated rings. The number of nitrogens with zero attached hydrogens (tertiary/aromatic N) is 1. The van der Waals surface area contributed by atoms with Crippen molar-refractivity contribution in [2.45, 2.75) is 32.9 Å². The van der Waals surface area contributed by atoms with Crippen LogP contribution in [0.25, 0.3) is 0 Å². The van der Waals surface area contributed by atoms with E-state index in [-0.39, 0.29) is 25.1 Å². The first-order chi connectivity index (χ1) is 9.56. The zero-order chi connectivity index (χ0) is 15.0. The normalized spacial score (nSPS) is 10.8. The zero-order valence-electron chi connectivity index (χ0n) is 12.1. The third-order valence-electron chi connectivity index (χ3n) is 2.93. The molecule has 0 aliphatic heterocycles. The van der Waals surface area contributed by atoms with Crippen LogP contribution in [0.5, 0.6) is 0 Å². The van der Waals surface area contributed by atoms with Gasteiger partial charge in [-0.15, -0.1) is 0 Å². The molecule has 110 valence electrons. The lowest BCUT2D eigenvalue weighted by molar-refractivity contribution is 0.159. The van der Waals surface area contributed by atoms with Gasteiger partial charge in [0.2, 0.25) is 0 Å². The minimum Gasteiger partial charge on any atom is -0.395 e. The van der Waals surface area contributed by atoms with E-state index in [1.54, 1.807) is 0 Å². The Morgan fingerprint density at radius 2 is 1.95 bits per heavy atom. The highest BCUT2D eigenvalue weighted by Gasteiger charge is 2.10. The zero-order valence-corrected chi connectivity index (χ0v) is 12.1. The predicted octanol–water partition coefficient (Wildman–Crippen LogP) is 1.76. The summed E-state index contributed by atoms with van der Waals surface area (Å²) in [6, 6.07) is 5.00. The second-order valence-corrected chi connectivity index (χ2v) is 4.91. The van der Waals surface area contributed by atoms with E-state index in [1.807, 2.05) is 19.9 Å². The molecule has 20 heavy (non-hydrogen) atoms. The summed E-state index contributed by atoms with van der Waals surface area (Å²) in [5.41, 5.74) is 1.45. The van der Waals surface area contributed by atoms with Crippen LogP contribution in [0.15, 0.2) is 18.2 Å². The van der Waals surface area contributed by atoms with Gasteiger partial charge in [0.25, 0.3) is 0 Å². The van der Waals surface area contributed by atoms with Crippen molar-refractivity contribution in [1.29, 1.82) is 0 Å². The molecule has 0 aliphatic carbocycles. The summed E-state index contributed by atoms with van der Waals surface area (Å²) in [4.78, 5) is 2.07. The Morgan fingerprint density at radius 3 is 2.55 bits per heavy atom. The van der Waals surface area contributed by atoms with E-state index in [4.69, 9.17) is 10.2 Å². The Morgan fingerprint density at radius 1 is 1.20 bits per heavy atom. The maximum absolute atomic E-state index is 13.6. The lowest BCUT2D eigenvalue weighted by Crippen LogP contribution is -2.32. The van der Waals surface area contributed by atoms with E-state index in [9.17, 15) is 4.39 Å². The van der Waals surface area contributed by atoms with Crippen LogP contribution < -0.4 is 0 Å². The Labute approximate surface area is 120 Å². The van der Waals surface area contributed by atoms with Crippen LogP contribution in [0, 0.1) is 17.7 Å². The summed E-state index contributed by atoms with van der Waals surface area (Å²) >= 11 is 0. The molecule has 3 nitrogen and oxygen atoms in total. The quantitative estimate of drug-likeness (QED) is 0.780. The van der Waals surface area contributed by atoms with Crippen LogP contribution in [0.2, 0.25) is 0 Å². The van der Waals surface area contributed by atoms with Gasteiger partial charge in [0, 0.05) is 31.1 Å². The largest absolute Gasteiger partial charge is 0.395 e. The molecule has 1 rings (SSSR count). The van der Waals surface area contributed by atoms with Crippen LogP contribution >= 0.6 is 0 Å². The molecule has 4 heteroatoms. The van der Waals surface area contributed by atoms with Crippen LogP contribution in [0.3, 0.4) is 0 Å². The van der Waals surface area contributed by atoms with Gasteiger partial charge in [0.1, 0.15) is 5.82 Å². The number of aliphatic hydroxyl groups excluding tert-OH is 2. The third-order valence-corrected chi connectivity index (χ3v) is 2.93. The molecule has 1 aromatic carbocycles. The number of hydrogen-bond acceptors (Lipinski definition) is 3. The van der Waals surface area contributed by atoms with Gasteiger partial charge in [-0.3, -0.25) is 4.90 Å². The highest BCUT2D eigenvalue weighted by molar-refractivity contribution is 5.37. The summed E-state index contributed by atoms with van der Waals surface area (Å²) in [6.45, 7) is 5.29. The first-order valence-electron chi connectivity index (χ1n) is 6.81. The lowest BCUT2D eigenvalue weighted by atomic mass is 10.1. The SMILES string of the molecule is CC(C)N(CCO)Cc1cc(F)cc(C#CCCO)c1. The first-order valence-corrected chi connectivity index (χ1v) is 6.81. The minimum absolute atomic E-state index is 0.00675. The van der Waals surface area contributed by atoms with Gasteiger partial charge in [0.15, 0.2) is 0 Å². The van der Waals surface area contributed by atoms with Crippen LogP contribution in [-0.4, -0.2) is 40.9 Å². The molecule has 0 atom stereocenters. The summed E-state index contributed by atoms with van der Waals surface area (Å²) < 4.78 is 13.6. The van der Waals surface area contributed by atoms with Crippen molar-refractivity contribution >= 4 is 0 Å². The average Bonchev–Trinajstić information content (AvgIpc) is 2.38. The summed E-state index contributed by atoms with van der Waals surface area (Å²) in [5.74, 6) is 5.31. The van der Waals surface area contributed by atoms with E-state index in [1.165, 1.54) is 12.1 Å². The predicted molar refractivity (Wildman–Crippen MR) is 77.6 cm³/mol. The molecular weight excluding hydrogens is 257 g/mol. The fraction of sp³-hybridized carbons (Fsp3) is 0.500. The Hall–Kier alpha value is -1.41. The summed E-state index contributed by atoms with van der Waals surface area (Å²) in [5, 5.41) is 17.7. The van der Waals surface area contributed by atoms with E-state index in [0.717, 1.165) is 5.56 Å². The highest BCUT2D eigenvalue weighted by atomic mass is 19.1. The van der Waals surface area contributed by atoms with Crippen molar-refractivity contribution in [2.24, 2.45) is 0 Å². The van der Waals surface area contributed by atoms with Crippen molar-refractivity contribution in [3.8, 4) is 11.8 Å². The number of halogens is 1. The second kappa shape index (κ2) is 8.70. The van der Waals surface area contributed by atoms with Crippen molar-refractivity contribution in [1.82, 2.24) is 4.90 Å². The standard InChI is InChI=1S/C16H22FNO2/c1-13(2)18(6-8-20)12-15-9-14(5-3-4-7-19)10-16(17)11-15/h9-11,13,19-20H,4,6-8,12H2,1-2H3. The molecule has 2 N–H and O–H groups in total. The molecule has 0 radical (unpaired) electrons. The van der Waals surface area contributed by atoms with Gasteiger partial charge in [-0.2, -0.15) is 0 Å². The first kappa shape index (κ1) is 16.6. The van der Waals surface area contributed by atoms with Gasteiger partial charge >= 0.3 is 0 Å². The average molecular weight is 279 g/mol.